The minimum absolute atomic E-state index is 0.350. The predicted molar refractivity (Wildman–Crippen MR) is 68.1 cm³/mol. The summed E-state index contributed by atoms with van der Waals surface area (Å²) in [4.78, 5) is 8.03. The van der Waals surface area contributed by atoms with Crippen LogP contribution < -0.4 is 0 Å². The third kappa shape index (κ3) is 2.41. The zero-order chi connectivity index (χ0) is 11.4. The Kier molecular flexibility index (Phi) is 3.56. The summed E-state index contributed by atoms with van der Waals surface area (Å²) >= 11 is 4.92. The van der Waals surface area contributed by atoms with E-state index in [1.54, 1.807) is 5.51 Å². The standard InChI is InChI=1S/C10H7BrN4S/c11-8-3-1-2-7(4-8)10-9(5-14-15-12)16-6-13-10/h1-4,6H,5H2. The van der Waals surface area contributed by atoms with Crippen molar-refractivity contribution in [3.05, 3.63) is 49.6 Å². The fraction of sp³-hybridized carbons (Fsp3) is 0.100. The maximum atomic E-state index is 8.31. The number of benzene rings is 1. The molecule has 2 aromatic rings. The Morgan fingerprint density at radius 1 is 1.50 bits per heavy atom. The number of nitrogens with zero attached hydrogens (tertiary/aromatic N) is 4. The Bertz CT molecular complexity index is 545. The topological polar surface area (TPSA) is 61.7 Å². The van der Waals surface area contributed by atoms with Crippen LogP contribution in [0.15, 0.2) is 39.4 Å². The van der Waals surface area contributed by atoms with Crippen molar-refractivity contribution >= 4 is 27.3 Å². The molecule has 0 amide bonds. The summed E-state index contributed by atoms with van der Waals surface area (Å²) in [6.07, 6.45) is 0. The van der Waals surface area contributed by atoms with Gasteiger partial charge in [0.05, 0.1) is 17.7 Å². The van der Waals surface area contributed by atoms with Gasteiger partial charge in [-0.15, -0.1) is 11.3 Å². The highest BCUT2D eigenvalue weighted by Gasteiger charge is 2.07. The van der Waals surface area contributed by atoms with Gasteiger partial charge in [-0.3, -0.25) is 0 Å². The monoisotopic (exact) mass is 294 g/mol. The second kappa shape index (κ2) is 5.12. The molecule has 1 aromatic carbocycles. The van der Waals surface area contributed by atoms with Gasteiger partial charge >= 0.3 is 0 Å². The highest BCUT2D eigenvalue weighted by molar-refractivity contribution is 9.10. The zero-order valence-electron chi connectivity index (χ0n) is 8.17. The van der Waals surface area contributed by atoms with Gasteiger partial charge in [0.1, 0.15) is 0 Å². The average Bonchev–Trinajstić information content (AvgIpc) is 2.74. The van der Waals surface area contributed by atoms with Crippen molar-refractivity contribution in [1.29, 1.82) is 0 Å². The van der Waals surface area contributed by atoms with E-state index in [1.807, 2.05) is 24.3 Å². The van der Waals surface area contributed by atoms with Crippen LogP contribution in [0.3, 0.4) is 0 Å². The Morgan fingerprint density at radius 3 is 3.12 bits per heavy atom. The van der Waals surface area contributed by atoms with Crippen LogP contribution in [0.4, 0.5) is 0 Å². The third-order valence-electron chi connectivity index (χ3n) is 2.02. The number of azide groups is 1. The molecule has 4 nitrogen and oxygen atoms in total. The van der Waals surface area contributed by atoms with Gasteiger partial charge in [-0.1, -0.05) is 33.2 Å². The molecule has 0 atom stereocenters. The molecule has 0 aliphatic rings. The van der Waals surface area contributed by atoms with Gasteiger partial charge in [0.2, 0.25) is 0 Å². The van der Waals surface area contributed by atoms with E-state index in [1.165, 1.54) is 11.3 Å². The van der Waals surface area contributed by atoms with Crippen LogP contribution in [0.5, 0.6) is 0 Å². The van der Waals surface area contributed by atoms with Crippen LogP contribution in [0.25, 0.3) is 21.7 Å². The smallest absolute Gasteiger partial charge is 0.0844 e. The highest BCUT2D eigenvalue weighted by atomic mass is 79.9. The summed E-state index contributed by atoms with van der Waals surface area (Å²) < 4.78 is 1.01. The maximum absolute atomic E-state index is 8.31. The molecule has 0 fully saturated rings. The summed E-state index contributed by atoms with van der Waals surface area (Å²) in [5, 5.41) is 3.56. The number of halogens is 1. The summed E-state index contributed by atoms with van der Waals surface area (Å²) in [5.41, 5.74) is 12.0. The third-order valence-corrected chi connectivity index (χ3v) is 3.33. The van der Waals surface area contributed by atoms with E-state index < -0.39 is 0 Å². The lowest BCUT2D eigenvalue weighted by atomic mass is 10.1. The molecule has 16 heavy (non-hydrogen) atoms. The first-order chi connectivity index (χ1) is 7.81. The quantitative estimate of drug-likeness (QED) is 0.470. The fourth-order valence-electron chi connectivity index (χ4n) is 1.35. The van der Waals surface area contributed by atoms with Crippen molar-refractivity contribution < 1.29 is 0 Å². The molecule has 0 spiro atoms. The molecule has 6 heteroatoms. The second-order valence-electron chi connectivity index (χ2n) is 3.02. The van der Waals surface area contributed by atoms with Gasteiger partial charge in [0.25, 0.3) is 0 Å². The molecule has 1 heterocycles. The molecule has 0 saturated carbocycles. The molecule has 2 rings (SSSR count). The molecule has 1 aromatic heterocycles. The zero-order valence-corrected chi connectivity index (χ0v) is 10.6. The summed E-state index contributed by atoms with van der Waals surface area (Å²) in [7, 11) is 0. The van der Waals surface area contributed by atoms with Crippen LogP contribution in [0.1, 0.15) is 4.88 Å². The van der Waals surface area contributed by atoms with Gasteiger partial charge in [0.15, 0.2) is 0 Å². The lowest BCUT2D eigenvalue weighted by Crippen LogP contribution is -1.83. The molecule has 0 radical (unpaired) electrons. The molecule has 0 saturated heterocycles. The van der Waals surface area contributed by atoms with Gasteiger partial charge < -0.3 is 0 Å². The summed E-state index contributed by atoms with van der Waals surface area (Å²) in [6.45, 7) is 0.350. The first-order valence-corrected chi connectivity index (χ1v) is 6.17. The van der Waals surface area contributed by atoms with Crippen molar-refractivity contribution in [2.24, 2.45) is 5.11 Å². The molecule has 80 valence electrons. The number of hydrogen-bond donors (Lipinski definition) is 0. The lowest BCUT2D eigenvalue weighted by Gasteiger charge is -2.00. The van der Waals surface area contributed by atoms with E-state index in [0.29, 0.717) is 6.54 Å². The van der Waals surface area contributed by atoms with E-state index >= 15 is 0 Å². The van der Waals surface area contributed by atoms with Crippen LogP contribution in [-0.4, -0.2) is 4.98 Å². The van der Waals surface area contributed by atoms with E-state index in [9.17, 15) is 0 Å². The van der Waals surface area contributed by atoms with E-state index in [0.717, 1.165) is 20.6 Å². The van der Waals surface area contributed by atoms with Gasteiger partial charge in [-0.25, -0.2) is 4.98 Å². The largest absolute Gasteiger partial charge is 0.244 e. The van der Waals surface area contributed by atoms with Gasteiger partial charge in [-0.2, -0.15) is 0 Å². The maximum Gasteiger partial charge on any atom is 0.0844 e. The molecule has 0 bridgehead atoms. The minimum atomic E-state index is 0.350. The van der Waals surface area contributed by atoms with Gasteiger partial charge in [-0.05, 0) is 17.7 Å². The summed E-state index contributed by atoms with van der Waals surface area (Å²) in [5.74, 6) is 0. The van der Waals surface area contributed by atoms with E-state index in [-0.39, 0.29) is 0 Å². The van der Waals surface area contributed by atoms with Crippen molar-refractivity contribution in [1.82, 2.24) is 4.98 Å². The first kappa shape index (κ1) is 11.1. The fourth-order valence-corrected chi connectivity index (χ4v) is 2.45. The molecule has 0 aliphatic carbocycles. The van der Waals surface area contributed by atoms with Crippen LogP contribution in [0, 0.1) is 0 Å². The Labute approximate surface area is 105 Å². The van der Waals surface area contributed by atoms with Crippen molar-refractivity contribution in [3.63, 3.8) is 0 Å². The Morgan fingerprint density at radius 2 is 2.38 bits per heavy atom. The Balaban J connectivity index is 2.40. The number of hydrogen-bond acceptors (Lipinski definition) is 3. The van der Waals surface area contributed by atoms with Crippen molar-refractivity contribution in [2.45, 2.75) is 6.54 Å². The van der Waals surface area contributed by atoms with Crippen molar-refractivity contribution in [2.75, 3.05) is 0 Å². The van der Waals surface area contributed by atoms with Crippen LogP contribution in [0.2, 0.25) is 0 Å². The summed E-state index contributed by atoms with van der Waals surface area (Å²) in [6, 6.07) is 7.90. The van der Waals surface area contributed by atoms with Crippen molar-refractivity contribution in [3.8, 4) is 11.3 Å². The van der Waals surface area contributed by atoms with E-state index in [4.69, 9.17) is 5.53 Å². The number of rotatable bonds is 3. The molecule has 0 unspecified atom stereocenters. The van der Waals surface area contributed by atoms with E-state index in [2.05, 4.69) is 30.9 Å². The average molecular weight is 295 g/mol. The molecular weight excluding hydrogens is 288 g/mol. The second-order valence-corrected chi connectivity index (χ2v) is 4.88. The highest BCUT2D eigenvalue weighted by Crippen LogP contribution is 2.28. The lowest BCUT2D eigenvalue weighted by molar-refractivity contribution is 1.07. The number of thiazole rings is 1. The van der Waals surface area contributed by atoms with Crippen LogP contribution >= 0.6 is 27.3 Å². The Hall–Kier alpha value is -1.36. The number of aromatic nitrogens is 1. The first-order valence-electron chi connectivity index (χ1n) is 4.50. The normalized spacial score (nSPS) is 9.81. The van der Waals surface area contributed by atoms with Crippen LogP contribution in [-0.2, 0) is 6.54 Å². The van der Waals surface area contributed by atoms with Gasteiger partial charge in [0, 0.05) is 19.8 Å². The molecule has 0 N–H and O–H groups in total. The predicted octanol–water partition coefficient (Wildman–Crippen LogP) is 4.38. The SMILES string of the molecule is [N-]=[N+]=NCc1scnc1-c1cccc(Br)c1. The molecule has 0 aliphatic heterocycles. The molecular formula is C10H7BrN4S. The minimum Gasteiger partial charge on any atom is -0.244 e.